The highest BCUT2D eigenvalue weighted by molar-refractivity contribution is 6.03. The molecule has 0 radical (unpaired) electrons. The summed E-state index contributed by atoms with van der Waals surface area (Å²) in [6.45, 7) is 4.03. The topological polar surface area (TPSA) is 49.4 Å². The predicted molar refractivity (Wildman–Crippen MR) is 96.0 cm³/mol. The number of nitrogens with one attached hydrogen (secondary N) is 1. The van der Waals surface area contributed by atoms with Crippen molar-refractivity contribution < 1.29 is 14.0 Å². The molecule has 3 rings (SSSR count). The lowest BCUT2D eigenvalue weighted by Gasteiger charge is -2.18. The molecule has 0 aromatic heterocycles. The number of aryl methyl sites for hydroxylation is 2. The Morgan fingerprint density at radius 2 is 2.08 bits per heavy atom. The van der Waals surface area contributed by atoms with Gasteiger partial charge in [-0.15, -0.1) is 0 Å². The molecule has 1 aliphatic rings. The Morgan fingerprint density at radius 1 is 1.28 bits per heavy atom. The van der Waals surface area contributed by atoms with Crippen LogP contribution in [0.5, 0.6) is 0 Å². The molecule has 5 heteroatoms. The Balaban J connectivity index is 1.72. The molecule has 25 heavy (non-hydrogen) atoms. The fraction of sp³-hybridized carbons (Fsp3) is 0.300. The van der Waals surface area contributed by atoms with Gasteiger partial charge in [-0.1, -0.05) is 25.1 Å². The van der Waals surface area contributed by atoms with Gasteiger partial charge in [0.25, 0.3) is 0 Å². The lowest BCUT2D eigenvalue weighted by Crippen LogP contribution is -2.28. The van der Waals surface area contributed by atoms with E-state index in [4.69, 9.17) is 0 Å². The number of carbonyl (C=O) groups is 2. The van der Waals surface area contributed by atoms with Crippen LogP contribution in [-0.4, -0.2) is 18.4 Å². The molecule has 1 aliphatic heterocycles. The van der Waals surface area contributed by atoms with E-state index < -0.39 is 11.7 Å². The van der Waals surface area contributed by atoms with E-state index in [9.17, 15) is 14.0 Å². The summed E-state index contributed by atoms with van der Waals surface area (Å²) in [6.07, 6.45) is 0.971. The number of anilines is 2. The number of hydrogen-bond donors (Lipinski definition) is 1. The van der Waals surface area contributed by atoms with E-state index in [1.165, 1.54) is 11.0 Å². The first-order chi connectivity index (χ1) is 12.0. The molecule has 0 saturated carbocycles. The van der Waals surface area contributed by atoms with E-state index in [1.807, 2.05) is 31.2 Å². The van der Waals surface area contributed by atoms with Crippen LogP contribution in [0.4, 0.5) is 15.8 Å². The van der Waals surface area contributed by atoms with Crippen molar-refractivity contribution in [2.45, 2.75) is 26.7 Å². The summed E-state index contributed by atoms with van der Waals surface area (Å²) in [7, 11) is 0. The van der Waals surface area contributed by atoms with Gasteiger partial charge in [-0.25, -0.2) is 4.39 Å². The van der Waals surface area contributed by atoms with Crippen molar-refractivity contribution in [3.63, 3.8) is 0 Å². The van der Waals surface area contributed by atoms with Crippen LogP contribution in [0, 0.1) is 18.7 Å². The summed E-state index contributed by atoms with van der Waals surface area (Å²) < 4.78 is 14.1. The fourth-order valence-electron chi connectivity index (χ4n) is 3.06. The zero-order valence-electron chi connectivity index (χ0n) is 14.4. The van der Waals surface area contributed by atoms with Gasteiger partial charge >= 0.3 is 0 Å². The van der Waals surface area contributed by atoms with Crippen LogP contribution in [0.3, 0.4) is 0 Å². The van der Waals surface area contributed by atoms with Crippen molar-refractivity contribution in [1.82, 2.24) is 0 Å². The molecule has 1 N–H and O–H groups in total. The third-order valence-corrected chi connectivity index (χ3v) is 4.49. The first-order valence-corrected chi connectivity index (χ1v) is 8.44. The van der Waals surface area contributed by atoms with Gasteiger partial charge < -0.3 is 10.2 Å². The molecule has 0 aliphatic carbocycles. The van der Waals surface area contributed by atoms with Gasteiger partial charge in [0.15, 0.2) is 0 Å². The van der Waals surface area contributed by atoms with Gasteiger partial charge in [0.1, 0.15) is 5.82 Å². The molecule has 1 heterocycles. The molecule has 130 valence electrons. The van der Waals surface area contributed by atoms with Crippen molar-refractivity contribution in [3.8, 4) is 0 Å². The number of benzene rings is 2. The summed E-state index contributed by atoms with van der Waals surface area (Å²) in [6, 6.07) is 12.4. The minimum atomic E-state index is -0.488. The summed E-state index contributed by atoms with van der Waals surface area (Å²) in [5.74, 6) is -1.37. The first kappa shape index (κ1) is 17.1. The van der Waals surface area contributed by atoms with Crippen LogP contribution in [-0.2, 0) is 16.0 Å². The molecule has 0 bridgehead atoms. The van der Waals surface area contributed by atoms with Crippen molar-refractivity contribution >= 4 is 23.2 Å². The quantitative estimate of drug-likeness (QED) is 0.923. The third kappa shape index (κ3) is 3.71. The Morgan fingerprint density at radius 3 is 2.80 bits per heavy atom. The van der Waals surface area contributed by atoms with E-state index >= 15 is 0 Å². The second-order valence-corrected chi connectivity index (χ2v) is 6.40. The second kappa shape index (κ2) is 7.05. The minimum Gasteiger partial charge on any atom is -0.326 e. The Labute approximate surface area is 146 Å². The number of carbonyl (C=O) groups excluding carboxylic acids is 2. The second-order valence-electron chi connectivity index (χ2n) is 6.40. The smallest absolute Gasteiger partial charge is 0.229 e. The summed E-state index contributed by atoms with van der Waals surface area (Å²) in [5, 5.41) is 2.86. The van der Waals surface area contributed by atoms with Crippen molar-refractivity contribution in [2.24, 2.45) is 5.92 Å². The number of rotatable bonds is 4. The number of nitrogens with zero attached hydrogens (tertiary/aromatic N) is 1. The molecule has 1 atom stereocenters. The number of hydrogen-bond acceptors (Lipinski definition) is 2. The summed E-state index contributed by atoms with van der Waals surface area (Å²) >= 11 is 0. The SMILES string of the molecule is CCc1cccc(NC(=O)C2CC(=O)N(c3ccc(C)cc3F)C2)c1. The van der Waals surface area contributed by atoms with Gasteiger partial charge in [0.05, 0.1) is 11.6 Å². The Kier molecular flexibility index (Phi) is 4.83. The van der Waals surface area contributed by atoms with E-state index in [0.29, 0.717) is 0 Å². The highest BCUT2D eigenvalue weighted by atomic mass is 19.1. The molecule has 4 nitrogen and oxygen atoms in total. The van der Waals surface area contributed by atoms with Crippen LogP contribution in [0.25, 0.3) is 0 Å². The van der Waals surface area contributed by atoms with Gasteiger partial charge in [-0.2, -0.15) is 0 Å². The van der Waals surface area contributed by atoms with Crippen LogP contribution in [0.15, 0.2) is 42.5 Å². The number of halogens is 1. The summed E-state index contributed by atoms with van der Waals surface area (Å²) in [5.41, 5.74) is 2.87. The number of amides is 2. The highest BCUT2D eigenvalue weighted by Crippen LogP contribution is 2.28. The standard InChI is InChI=1S/C20H21FN2O2/c1-3-14-5-4-6-16(10-14)22-20(25)15-11-19(24)23(12-15)18-8-7-13(2)9-17(18)21/h4-10,15H,3,11-12H2,1-2H3,(H,22,25). The molecule has 0 spiro atoms. The zero-order chi connectivity index (χ0) is 18.0. The molecule has 1 unspecified atom stereocenters. The maximum absolute atomic E-state index is 14.1. The molecule has 1 saturated heterocycles. The van der Waals surface area contributed by atoms with E-state index in [1.54, 1.807) is 19.1 Å². The van der Waals surface area contributed by atoms with Crippen LogP contribution < -0.4 is 10.2 Å². The largest absolute Gasteiger partial charge is 0.326 e. The van der Waals surface area contributed by atoms with Crippen LogP contribution >= 0.6 is 0 Å². The maximum Gasteiger partial charge on any atom is 0.229 e. The third-order valence-electron chi connectivity index (χ3n) is 4.49. The minimum absolute atomic E-state index is 0.0899. The van der Waals surface area contributed by atoms with Gasteiger partial charge in [0, 0.05) is 18.7 Å². The molecule has 1 fully saturated rings. The molecular formula is C20H21FN2O2. The molecule has 2 aromatic carbocycles. The lowest BCUT2D eigenvalue weighted by atomic mass is 10.1. The van der Waals surface area contributed by atoms with Crippen LogP contribution in [0.1, 0.15) is 24.5 Å². The van der Waals surface area contributed by atoms with Gasteiger partial charge in [-0.3, -0.25) is 9.59 Å². The van der Waals surface area contributed by atoms with E-state index in [2.05, 4.69) is 5.32 Å². The first-order valence-electron chi connectivity index (χ1n) is 8.44. The lowest BCUT2D eigenvalue weighted by molar-refractivity contribution is -0.122. The van der Waals surface area contributed by atoms with Crippen molar-refractivity contribution in [1.29, 1.82) is 0 Å². The van der Waals surface area contributed by atoms with Gasteiger partial charge in [-0.05, 0) is 48.7 Å². The van der Waals surface area contributed by atoms with E-state index in [0.717, 1.165) is 23.2 Å². The van der Waals surface area contributed by atoms with E-state index in [-0.39, 0.29) is 30.5 Å². The van der Waals surface area contributed by atoms with Gasteiger partial charge in [0.2, 0.25) is 11.8 Å². The zero-order valence-corrected chi connectivity index (χ0v) is 14.4. The predicted octanol–water partition coefficient (Wildman–Crippen LogP) is 3.69. The average molecular weight is 340 g/mol. The van der Waals surface area contributed by atoms with Crippen LogP contribution in [0.2, 0.25) is 0 Å². The Bertz CT molecular complexity index is 819. The Hall–Kier alpha value is -2.69. The maximum atomic E-state index is 14.1. The highest BCUT2D eigenvalue weighted by Gasteiger charge is 2.36. The fourth-order valence-corrected chi connectivity index (χ4v) is 3.06. The normalized spacial score (nSPS) is 17.0. The van der Waals surface area contributed by atoms with Crippen molar-refractivity contribution in [3.05, 3.63) is 59.4 Å². The molecular weight excluding hydrogens is 319 g/mol. The monoisotopic (exact) mass is 340 g/mol. The van der Waals surface area contributed by atoms with Crippen molar-refractivity contribution in [2.75, 3.05) is 16.8 Å². The average Bonchev–Trinajstić information content (AvgIpc) is 2.97. The summed E-state index contributed by atoms with van der Waals surface area (Å²) in [4.78, 5) is 26.1. The molecule has 2 aromatic rings. The molecule has 2 amide bonds.